The van der Waals surface area contributed by atoms with Gasteiger partial charge in [-0.1, -0.05) is 22.5 Å². The number of ether oxygens (including phenoxy) is 1. The fraction of sp³-hybridized carbons (Fsp3) is 0.118. The summed E-state index contributed by atoms with van der Waals surface area (Å²) in [5, 5.41) is 12.1. The highest BCUT2D eigenvalue weighted by atomic mass is 16.5. The van der Waals surface area contributed by atoms with E-state index in [9.17, 15) is 0 Å². The molecule has 0 spiro atoms. The molecular weight excluding hydrogens is 334 g/mol. The molecule has 0 fully saturated rings. The minimum Gasteiger partial charge on any atom is -0.494 e. The van der Waals surface area contributed by atoms with Crippen molar-refractivity contribution in [3.63, 3.8) is 0 Å². The highest BCUT2D eigenvalue weighted by molar-refractivity contribution is 5.66. The summed E-state index contributed by atoms with van der Waals surface area (Å²) < 4.78 is 12.1. The number of benzene rings is 1. The van der Waals surface area contributed by atoms with Crippen molar-refractivity contribution in [1.82, 2.24) is 30.1 Å². The number of nitrogen functional groups attached to an aromatic ring is 1. The van der Waals surface area contributed by atoms with Crippen LogP contribution in [0.2, 0.25) is 0 Å². The van der Waals surface area contributed by atoms with Gasteiger partial charge in [0.15, 0.2) is 11.5 Å². The Morgan fingerprint density at radius 2 is 2.08 bits per heavy atom. The molecule has 0 radical (unpaired) electrons. The summed E-state index contributed by atoms with van der Waals surface area (Å²) in [6.45, 7) is 1.97. The molecule has 0 unspecified atom stereocenters. The molecule has 0 saturated carbocycles. The number of nitrogens with zero attached hydrogens (tertiary/aromatic N) is 6. The first kappa shape index (κ1) is 15.8. The van der Waals surface area contributed by atoms with E-state index in [1.807, 2.05) is 37.3 Å². The fourth-order valence-corrected chi connectivity index (χ4v) is 2.50. The Hall–Kier alpha value is -3.75. The van der Waals surface area contributed by atoms with Gasteiger partial charge in [0.25, 0.3) is 5.89 Å². The first-order valence-corrected chi connectivity index (χ1v) is 7.79. The van der Waals surface area contributed by atoms with E-state index in [4.69, 9.17) is 15.0 Å². The Balaban J connectivity index is 1.75. The molecule has 0 amide bonds. The minimum atomic E-state index is 0.168. The van der Waals surface area contributed by atoms with E-state index in [1.54, 1.807) is 19.4 Å². The molecule has 130 valence electrons. The lowest BCUT2D eigenvalue weighted by atomic mass is 10.2. The SMILES string of the molecule is COc1ccc(C)cc1-n1nnc(-c2nc(-c3ccccn3)no2)c1N. The lowest BCUT2D eigenvalue weighted by molar-refractivity contribution is 0.411. The zero-order valence-electron chi connectivity index (χ0n) is 14.1. The van der Waals surface area contributed by atoms with Crippen molar-refractivity contribution in [3.05, 3.63) is 48.2 Å². The molecule has 9 heteroatoms. The molecule has 3 heterocycles. The summed E-state index contributed by atoms with van der Waals surface area (Å²) in [5.74, 6) is 1.41. The molecule has 1 aromatic carbocycles. The maximum atomic E-state index is 6.23. The Morgan fingerprint density at radius 1 is 1.19 bits per heavy atom. The summed E-state index contributed by atoms with van der Waals surface area (Å²) in [6.07, 6.45) is 1.65. The van der Waals surface area contributed by atoms with Gasteiger partial charge in [-0.15, -0.1) is 5.10 Å². The molecule has 0 saturated heterocycles. The molecule has 9 nitrogen and oxygen atoms in total. The van der Waals surface area contributed by atoms with Gasteiger partial charge in [-0.3, -0.25) is 4.98 Å². The van der Waals surface area contributed by atoms with Gasteiger partial charge in [-0.25, -0.2) is 0 Å². The van der Waals surface area contributed by atoms with Crippen molar-refractivity contribution in [1.29, 1.82) is 0 Å². The number of anilines is 1. The van der Waals surface area contributed by atoms with Crippen LogP contribution in [0.1, 0.15) is 5.56 Å². The van der Waals surface area contributed by atoms with Gasteiger partial charge >= 0.3 is 0 Å². The van der Waals surface area contributed by atoms with E-state index in [-0.39, 0.29) is 11.7 Å². The van der Waals surface area contributed by atoms with Gasteiger partial charge in [-0.2, -0.15) is 9.67 Å². The first-order chi connectivity index (χ1) is 12.7. The number of rotatable bonds is 4. The fourth-order valence-electron chi connectivity index (χ4n) is 2.50. The van der Waals surface area contributed by atoms with Gasteiger partial charge < -0.3 is 15.0 Å². The number of methoxy groups -OCH3 is 1. The second kappa shape index (κ2) is 6.28. The molecule has 2 N–H and O–H groups in total. The van der Waals surface area contributed by atoms with Crippen molar-refractivity contribution in [2.24, 2.45) is 0 Å². The normalized spacial score (nSPS) is 10.8. The Morgan fingerprint density at radius 3 is 2.85 bits per heavy atom. The lowest BCUT2D eigenvalue weighted by Crippen LogP contribution is -2.04. The van der Waals surface area contributed by atoms with Crippen molar-refractivity contribution in [2.45, 2.75) is 6.92 Å². The van der Waals surface area contributed by atoms with Crippen LogP contribution in [0.5, 0.6) is 5.75 Å². The number of pyridine rings is 1. The third kappa shape index (κ3) is 2.65. The number of aromatic nitrogens is 6. The van der Waals surface area contributed by atoms with Gasteiger partial charge in [0.1, 0.15) is 17.1 Å². The van der Waals surface area contributed by atoms with E-state index in [0.29, 0.717) is 28.6 Å². The summed E-state index contributed by atoms with van der Waals surface area (Å²) in [6, 6.07) is 11.1. The van der Waals surface area contributed by atoms with Crippen LogP contribution in [-0.4, -0.2) is 37.2 Å². The average molecular weight is 349 g/mol. The summed E-state index contributed by atoms with van der Waals surface area (Å²) in [7, 11) is 1.58. The number of aryl methyl sites for hydroxylation is 1. The van der Waals surface area contributed by atoms with Gasteiger partial charge in [0, 0.05) is 6.20 Å². The highest BCUT2D eigenvalue weighted by Gasteiger charge is 2.21. The highest BCUT2D eigenvalue weighted by Crippen LogP contribution is 2.30. The standard InChI is InChI=1S/C17H15N7O2/c1-10-6-7-13(25-2)12(9-10)24-15(18)14(21-23-24)17-20-16(22-26-17)11-5-3-4-8-19-11/h3-9H,18H2,1-2H3. The van der Waals surface area contributed by atoms with Crippen LogP contribution in [0.15, 0.2) is 47.1 Å². The van der Waals surface area contributed by atoms with E-state index in [2.05, 4.69) is 25.4 Å². The summed E-state index contributed by atoms with van der Waals surface area (Å²) in [5.41, 5.74) is 8.82. The average Bonchev–Trinajstić information content (AvgIpc) is 3.29. The topological polar surface area (TPSA) is 118 Å². The first-order valence-electron chi connectivity index (χ1n) is 7.79. The molecule has 0 aliphatic heterocycles. The minimum absolute atomic E-state index is 0.168. The molecule has 26 heavy (non-hydrogen) atoms. The predicted octanol–water partition coefficient (Wildman–Crippen LogP) is 2.28. The largest absolute Gasteiger partial charge is 0.494 e. The Bertz CT molecular complexity index is 1060. The molecule has 4 rings (SSSR count). The van der Waals surface area contributed by atoms with Gasteiger partial charge in [0.05, 0.1) is 7.11 Å². The molecule has 0 bridgehead atoms. The molecule has 0 aliphatic rings. The Labute approximate surface area is 148 Å². The van der Waals surface area contributed by atoms with Crippen LogP contribution in [0, 0.1) is 6.92 Å². The van der Waals surface area contributed by atoms with Crippen LogP contribution in [-0.2, 0) is 0 Å². The quantitative estimate of drug-likeness (QED) is 0.596. The van der Waals surface area contributed by atoms with Gasteiger partial charge in [0.2, 0.25) is 5.82 Å². The monoisotopic (exact) mass is 349 g/mol. The smallest absolute Gasteiger partial charge is 0.282 e. The lowest BCUT2D eigenvalue weighted by Gasteiger charge is -2.09. The van der Waals surface area contributed by atoms with Crippen LogP contribution in [0.3, 0.4) is 0 Å². The second-order valence-corrected chi connectivity index (χ2v) is 5.55. The zero-order valence-corrected chi connectivity index (χ0v) is 14.1. The predicted molar refractivity (Wildman–Crippen MR) is 93.6 cm³/mol. The summed E-state index contributed by atoms with van der Waals surface area (Å²) in [4.78, 5) is 8.50. The number of nitrogens with two attached hydrogens (primary N) is 1. The molecule has 3 aromatic heterocycles. The maximum absolute atomic E-state index is 6.23. The number of hydrogen-bond donors (Lipinski definition) is 1. The molecular formula is C17H15N7O2. The maximum Gasteiger partial charge on any atom is 0.282 e. The van der Waals surface area contributed by atoms with E-state index >= 15 is 0 Å². The third-order valence-corrected chi connectivity index (χ3v) is 3.79. The molecule has 0 atom stereocenters. The summed E-state index contributed by atoms with van der Waals surface area (Å²) >= 11 is 0. The van der Waals surface area contributed by atoms with Crippen molar-refractivity contribution in [2.75, 3.05) is 12.8 Å². The van der Waals surface area contributed by atoms with E-state index in [1.165, 1.54) is 4.68 Å². The molecule has 4 aromatic rings. The van der Waals surface area contributed by atoms with Crippen molar-refractivity contribution >= 4 is 5.82 Å². The van der Waals surface area contributed by atoms with Crippen LogP contribution in [0.4, 0.5) is 5.82 Å². The van der Waals surface area contributed by atoms with Crippen molar-refractivity contribution < 1.29 is 9.26 Å². The van der Waals surface area contributed by atoms with Crippen LogP contribution >= 0.6 is 0 Å². The van der Waals surface area contributed by atoms with Crippen LogP contribution < -0.4 is 10.5 Å². The van der Waals surface area contributed by atoms with E-state index in [0.717, 1.165) is 5.56 Å². The Kier molecular flexibility index (Phi) is 3.81. The third-order valence-electron chi connectivity index (χ3n) is 3.79. The van der Waals surface area contributed by atoms with E-state index < -0.39 is 0 Å². The molecule has 0 aliphatic carbocycles. The van der Waals surface area contributed by atoms with Crippen LogP contribution in [0.25, 0.3) is 28.8 Å². The van der Waals surface area contributed by atoms with Crippen molar-refractivity contribution in [3.8, 4) is 34.5 Å². The zero-order chi connectivity index (χ0) is 18.1. The number of hydrogen-bond acceptors (Lipinski definition) is 8. The van der Waals surface area contributed by atoms with Gasteiger partial charge in [-0.05, 0) is 36.8 Å². The second-order valence-electron chi connectivity index (χ2n) is 5.55.